The van der Waals surface area contributed by atoms with Gasteiger partial charge in [-0.2, -0.15) is 0 Å². The maximum Gasteiger partial charge on any atom is 0.0717 e. The van der Waals surface area contributed by atoms with E-state index in [0.717, 1.165) is 29.4 Å². The van der Waals surface area contributed by atoms with Crippen LogP contribution in [-0.2, 0) is 6.42 Å². The Bertz CT molecular complexity index is 602. The Morgan fingerprint density at radius 2 is 2.10 bits per heavy atom. The lowest BCUT2D eigenvalue weighted by Gasteiger charge is -2.28. The number of rotatable bonds is 4. The fraction of sp³-hybridized carbons (Fsp3) is 0.353. The molecule has 110 valence electrons. The molecule has 2 nitrogen and oxygen atoms in total. The number of aromatic nitrogens is 1. The number of halogens is 1. The SMILES string of the molecule is OC(CSc1ccc(Br)cc1)C1CCCc2cccnc21. The number of aryl methyl sites for hydroxylation is 1. The molecule has 0 saturated carbocycles. The molecule has 1 aliphatic rings. The van der Waals surface area contributed by atoms with Crippen molar-refractivity contribution < 1.29 is 5.11 Å². The number of thioether (sulfide) groups is 1. The molecule has 0 radical (unpaired) electrons. The van der Waals surface area contributed by atoms with Gasteiger partial charge in [0.2, 0.25) is 0 Å². The fourth-order valence-corrected chi connectivity index (χ4v) is 4.04. The minimum Gasteiger partial charge on any atom is -0.392 e. The van der Waals surface area contributed by atoms with Crippen LogP contribution in [0.2, 0.25) is 0 Å². The van der Waals surface area contributed by atoms with Crippen molar-refractivity contribution in [2.75, 3.05) is 5.75 Å². The zero-order valence-corrected chi connectivity index (χ0v) is 14.1. The van der Waals surface area contributed by atoms with Crippen molar-refractivity contribution in [3.63, 3.8) is 0 Å². The first kappa shape index (κ1) is 15.1. The third kappa shape index (κ3) is 3.68. The molecule has 1 heterocycles. The number of aliphatic hydroxyl groups is 1. The molecule has 0 fully saturated rings. The van der Waals surface area contributed by atoms with Crippen LogP contribution in [0.3, 0.4) is 0 Å². The van der Waals surface area contributed by atoms with Gasteiger partial charge in [-0.05, 0) is 55.2 Å². The second-order valence-corrected chi connectivity index (χ2v) is 7.39. The van der Waals surface area contributed by atoms with Gasteiger partial charge >= 0.3 is 0 Å². The van der Waals surface area contributed by atoms with Crippen molar-refractivity contribution in [3.8, 4) is 0 Å². The number of pyridine rings is 1. The number of hydrogen-bond donors (Lipinski definition) is 1. The van der Waals surface area contributed by atoms with Crippen molar-refractivity contribution in [2.45, 2.75) is 36.2 Å². The average molecular weight is 364 g/mol. The van der Waals surface area contributed by atoms with Crippen molar-refractivity contribution in [2.24, 2.45) is 0 Å². The first-order valence-electron chi connectivity index (χ1n) is 7.24. The lowest BCUT2D eigenvalue weighted by atomic mass is 9.84. The normalized spacial score (nSPS) is 19.0. The first-order valence-corrected chi connectivity index (χ1v) is 9.02. The standard InChI is InChI=1S/C17H18BrNOS/c18-13-6-8-14(9-7-13)21-11-16(20)15-5-1-3-12-4-2-10-19-17(12)15/h2,4,6-10,15-16,20H,1,3,5,11H2. The number of benzene rings is 1. The average Bonchev–Trinajstić information content (AvgIpc) is 2.53. The number of aliphatic hydroxyl groups excluding tert-OH is 1. The summed E-state index contributed by atoms with van der Waals surface area (Å²) in [4.78, 5) is 5.70. The molecular formula is C17H18BrNOS. The van der Waals surface area contributed by atoms with E-state index in [0.29, 0.717) is 5.75 Å². The summed E-state index contributed by atoms with van der Waals surface area (Å²) in [5.74, 6) is 0.889. The predicted molar refractivity (Wildman–Crippen MR) is 90.8 cm³/mol. The molecule has 3 rings (SSSR count). The molecule has 2 aromatic rings. The summed E-state index contributed by atoms with van der Waals surface area (Å²) in [6, 6.07) is 12.4. The second-order valence-electron chi connectivity index (χ2n) is 5.38. The molecule has 0 amide bonds. The Labute approximate surface area is 138 Å². The van der Waals surface area contributed by atoms with Crippen LogP contribution in [0.25, 0.3) is 0 Å². The van der Waals surface area contributed by atoms with Crippen LogP contribution in [0.5, 0.6) is 0 Å². The smallest absolute Gasteiger partial charge is 0.0717 e. The molecule has 1 N–H and O–H groups in total. The Balaban J connectivity index is 1.66. The molecule has 0 saturated heterocycles. The molecule has 1 aromatic carbocycles. The Hall–Kier alpha value is -0.840. The summed E-state index contributed by atoms with van der Waals surface area (Å²) in [5, 5.41) is 10.6. The van der Waals surface area contributed by atoms with E-state index in [-0.39, 0.29) is 12.0 Å². The lowest BCUT2D eigenvalue weighted by Crippen LogP contribution is -2.26. The molecule has 0 aliphatic heterocycles. The maximum absolute atomic E-state index is 10.6. The van der Waals surface area contributed by atoms with Crippen LogP contribution in [0.1, 0.15) is 30.0 Å². The predicted octanol–water partition coefficient (Wildman–Crippen LogP) is 4.42. The van der Waals surface area contributed by atoms with Gasteiger partial charge in [0.15, 0.2) is 0 Å². The maximum atomic E-state index is 10.6. The van der Waals surface area contributed by atoms with Crippen molar-refractivity contribution >= 4 is 27.7 Å². The van der Waals surface area contributed by atoms with Gasteiger partial charge in [-0.3, -0.25) is 4.98 Å². The lowest BCUT2D eigenvalue weighted by molar-refractivity contribution is 0.155. The highest BCUT2D eigenvalue weighted by Gasteiger charge is 2.27. The van der Waals surface area contributed by atoms with Gasteiger partial charge < -0.3 is 5.11 Å². The van der Waals surface area contributed by atoms with Crippen LogP contribution < -0.4 is 0 Å². The van der Waals surface area contributed by atoms with E-state index >= 15 is 0 Å². The third-order valence-corrected chi connectivity index (χ3v) is 5.58. The molecule has 1 aliphatic carbocycles. The first-order chi connectivity index (χ1) is 10.2. The van der Waals surface area contributed by atoms with Gasteiger partial charge in [0.1, 0.15) is 0 Å². The molecule has 0 spiro atoms. The van der Waals surface area contributed by atoms with E-state index in [1.807, 2.05) is 24.4 Å². The van der Waals surface area contributed by atoms with E-state index < -0.39 is 0 Å². The topological polar surface area (TPSA) is 33.1 Å². The van der Waals surface area contributed by atoms with E-state index in [2.05, 4.69) is 39.1 Å². The summed E-state index contributed by atoms with van der Waals surface area (Å²) < 4.78 is 1.08. The minimum atomic E-state index is -0.340. The Morgan fingerprint density at radius 1 is 1.29 bits per heavy atom. The summed E-state index contributed by atoms with van der Waals surface area (Å²) in [6.45, 7) is 0. The molecule has 0 bridgehead atoms. The van der Waals surface area contributed by atoms with Gasteiger partial charge in [0.25, 0.3) is 0 Å². The third-order valence-electron chi connectivity index (χ3n) is 3.94. The zero-order chi connectivity index (χ0) is 14.7. The summed E-state index contributed by atoms with van der Waals surface area (Å²) in [6.07, 6.45) is 4.76. The molecule has 21 heavy (non-hydrogen) atoms. The summed E-state index contributed by atoms with van der Waals surface area (Å²) in [7, 11) is 0. The number of hydrogen-bond acceptors (Lipinski definition) is 3. The Morgan fingerprint density at radius 3 is 2.90 bits per heavy atom. The van der Waals surface area contributed by atoms with Gasteiger partial charge in [0, 0.05) is 32.9 Å². The highest BCUT2D eigenvalue weighted by Crippen LogP contribution is 2.34. The van der Waals surface area contributed by atoms with Gasteiger partial charge in [-0.1, -0.05) is 22.0 Å². The molecule has 2 atom stereocenters. The highest BCUT2D eigenvalue weighted by atomic mass is 79.9. The second kappa shape index (κ2) is 6.95. The van der Waals surface area contributed by atoms with Crippen LogP contribution in [0, 0.1) is 0 Å². The largest absolute Gasteiger partial charge is 0.392 e. The monoisotopic (exact) mass is 363 g/mol. The van der Waals surface area contributed by atoms with E-state index in [1.54, 1.807) is 11.8 Å². The minimum absolute atomic E-state index is 0.179. The highest BCUT2D eigenvalue weighted by molar-refractivity contribution is 9.10. The van der Waals surface area contributed by atoms with Crippen LogP contribution in [-0.4, -0.2) is 21.9 Å². The van der Waals surface area contributed by atoms with Crippen LogP contribution >= 0.6 is 27.7 Å². The van der Waals surface area contributed by atoms with Crippen LogP contribution in [0.15, 0.2) is 52.0 Å². The van der Waals surface area contributed by atoms with E-state index in [9.17, 15) is 5.11 Å². The molecule has 1 aromatic heterocycles. The zero-order valence-electron chi connectivity index (χ0n) is 11.7. The van der Waals surface area contributed by atoms with E-state index in [1.165, 1.54) is 10.5 Å². The summed E-state index contributed by atoms with van der Waals surface area (Å²) >= 11 is 5.15. The molecule has 2 unspecified atom stereocenters. The van der Waals surface area contributed by atoms with Crippen molar-refractivity contribution in [3.05, 3.63) is 58.3 Å². The van der Waals surface area contributed by atoms with Gasteiger partial charge in [-0.25, -0.2) is 0 Å². The van der Waals surface area contributed by atoms with Gasteiger partial charge in [-0.15, -0.1) is 11.8 Å². The van der Waals surface area contributed by atoms with E-state index in [4.69, 9.17) is 0 Å². The van der Waals surface area contributed by atoms with Crippen LogP contribution in [0.4, 0.5) is 0 Å². The van der Waals surface area contributed by atoms with Crippen molar-refractivity contribution in [1.29, 1.82) is 0 Å². The quantitative estimate of drug-likeness (QED) is 0.816. The molecule has 4 heteroatoms. The fourth-order valence-electron chi connectivity index (χ4n) is 2.85. The molecular weight excluding hydrogens is 346 g/mol. The number of nitrogens with zero attached hydrogens (tertiary/aromatic N) is 1. The van der Waals surface area contributed by atoms with Gasteiger partial charge in [0.05, 0.1) is 6.10 Å². The number of fused-ring (bicyclic) bond motifs is 1. The summed E-state index contributed by atoms with van der Waals surface area (Å²) in [5.41, 5.74) is 2.41. The Kier molecular flexibility index (Phi) is 4.99. The van der Waals surface area contributed by atoms with Crippen molar-refractivity contribution in [1.82, 2.24) is 4.98 Å².